The molecule has 1 fully saturated rings. The summed E-state index contributed by atoms with van der Waals surface area (Å²) >= 11 is 7.04. The van der Waals surface area contributed by atoms with E-state index in [4.69, 9.17) is 14.5 Å². The van der Waals surface area contributed by atoms with Crippen molar-refractivity contribution in [3.05, 3.63) is 96.9 Å². The van der Waals surface area contributed by atoms with Gasteiger partial charge in [-0.1, -0.05) is 69.3 Å². The number of ether oxygens (including phenoxy) is 2. The van der Waals surface area contributed by atoms with E-state index in [-0.39, 0.29) is 11.5 Å². The third-order valence-corrected chi connectivity index (χ3v) is 7.89. The van der Waals surface area contributed by atoms with Crippen molar-refractivity contribution in [1.82, 2.24) is 9.66 Å². The van der Waals surface area contributed by atoms with Gasteiger partial charge < -0.3 is 9.47 Å². The summed E-state index contributed by atoms with van der Waals surface area (Å²) < 4.78 is 15.1. The van der Waals surface area contributed by atoms with E-state index in [1.165, 1.54) is 11.1 Å². The van der Waals surface area contributed by atoms with Crippen molar-refractivity contribution in [3.63, 3.8) is 0 Å². The molecule has 0 spiro atoms. The molecule has 37 heavy (non-hydrogen) atoms. The summed E-state index contributed by atoms with van der Waals surface area (Å²) in [7, 11) is 1.61. The molecule has 190 valence electrons. The first kappa shape index (κ1) is 25.7. The molecule has 0 bridgehead atoms. The molecule has 8 heteroatoms. The summed E-state index contributed by atoms with van der Waals surface area (Å²) in [5, 5.41) is 5.20. The molecule has 4 aromatic rings. The van der Waals surface area contributed by atoms with Crippen molar-refractivity contribution in [2.45, 2.75) is 44.6 Å². The van der Waals surface area contributed by atoms with Gasteiger partial charge >= 0.3 is 0 Å². The van der Waals surface area contributed by atoms with Crippen LogP contribution in [-0.4, -0.2) is 23.0 Å². The van der Waals surface area contributed by atoms with Gasteiger partial charge in [0.2, 0.25) is 0 Å². The molecule has 1 aliphatic carbocycles. The molecule has 1 saturated carbocycles. The Bertz CT molecular complexity index is 1510. The second kappa shape index (κ2) is 11.6. The molecule has 1 heterocycles. The van der Waals surface area contributed by atoms with Crippen molar-refractivity contribution in [3.8, 4) is 11.5 Å². The van der Waals surface area contributed by atoms with Gasteiger partial charge in [0.05, 0.1) is 24.2 Å². The fraction of sp³-hybridized carbons (Fsp3) is 0.276. The number of nitrogens with zero attached hydrogens (tertiary/aromatic N) is 3. The number of hydrogen-bond donors (Lipinski definition) is 0. The Morgan fingerprint density at radius 3 is 2.62 bits per heavy atom. The maximum atomic E-state index is 13.4. The van der Waals surface area contributed by atoms with Crippen LogP contribution >= 0.6 is 31.9 Å². The molecule has 0 radical (unpaired) electrons. The van der Waals surface area contributed by atoms with E-state index in [2.05, 4.69) is 37.0 Å². The molecule has 0 unspecified atom stereocenters. The molecule has 3 aromatic carbocycles. The summed E-state index contributed by atoms with van der Waals surface area (Å²) in [6.07, 6.45) is 7.24. The molecule has 1 aromatic heterocycles. The van der Waals surface area contributed by atoms with E-state index in [0.29, 0.717) is 23.5 Å². The van der Waals surface area contributed by atoms with Crippen LogP contribution < -0.4 is 15.0 Å². The molecule has 1 aliphatic rings. The Morgan fingerprint density at radius 2 is 1.84 bits per heavy atom. The highest BCUT2D eigenvalue weighted by Gasteiger charge is 2.22. The number of methoxy groups -OCH3 is 1. The minimum absolute atomic E-state index is 0.144. The van der Waals surface area contributed by atoms with Gasteiger partial charge in [-0.05, 0) is 60.9 Å². The molecule has 0 saturated heterocycles. The lowest BCUT2D eigenvalue weighted by atomic mass is 9.88. The number of benzene rings is 3. The first-order valence-electron chi connectivity index (χ1n) is 12.3. The SMILES string of the molecule is COc1cc(C=Nn2c(C3CCCCC3)nc3ccccc3c2=O)ccc1OCc1ccc(Br)cc1Br. The lowest BCUT2D eigenvalue weighted by molar-refractivity contribution is 0.284. The van der Waals surface area contributed by atoms with Crippen molar-refractivity contribution in [2.75, 3.05) is 7.11 Å². The number of para-hydroxylation sites is 1. The minimum atomic E-state index is -0.144. The molecule has 0 N–H and O–H groups in total. The van der Waals surface area contributed by atoms with Gasteiger partial charge in [-0.2, -0.15) is 9.78 Å². The van der Waals surface area contributed by atoms with Gasteiger partial charge in [-0.3, -0.25) is 4.79 Å². The van der Waals surface area contributed by atoms with Crippen LogP contribution in [0.1, 0.15) is 55.0 Å². The summed E-state index contributed by atoms with van der Waals surface area (Å²) in [4.78, 5) is 18.3. The maximum absolute atomic E-state index is 13.4. The summed E-state index contributed by atoms with van der Waals surface area (Å²) in [6.45, 7) is 0.389. The zero-order valence-electron chi connectivity index (χ0n) is 20.5. The van der Waals surface area contributed by atoms with E-state index >= 15 is 0 Å². The Balaban J connectivity index is 1.44. The summed E-state index contributed by atoms with van der Waals surface area (Å²) in [6, 6.07) is 19.1. The van der Waals surface area contributed by atoms with Crippen molar-refractivity contribution in [2.24, 2.45) is 5.10 Å². The quantitative estimate of drug-likeness (QED) is 0.200. The average molecular weight is 625 g/mol. The fourth-order valence-corrected chi connectivity index (χ4v) is 5.84. The first-order chi connectivity index (χ1) is 18.0. The van der Waals surface area contributed by atoms with E-state index in [1.807, 2.05) is 54.6 Å². The number of halogens is 2. The number of fused-ring (bicyclic) bond motifs is 1. The zero-order chi connectivity index (χ0) is 25.8. The van der Waals surface area contributed by atoms with Crippen LogP contribution in [0, 0.1) is 0 Å². The molecule has 0 atom stereocenters. The van der Waals surface area contributed by atoms with Crippen LogP contribution in [-0.2, 0) is 6.61 Å². The molecular formula is C29H27Br2N3O3. The average Bonchev–Trinajstić information content (AvgIpc) is 2.92. The Labute approximate surface area is 232 Å². The Kier molecular flexibility index (Phi) is 8.05. The summed E-state index contributed by atoms with van der Waals surface area (Å²) in [5.41, 5.74) is 2.40. The largest absolute Gasteiger partial charge is 0.493 e. The van der Waals surface area contributed by atoms with E-state index in [0.717, 1.165) is 57.1 Å². The van der Waals surface area contributed by atoms with Crippen LogP contribution in [0.3, 0.4) is 0 Å². The standard InChI is InChI=1S/C29H27Br2N3O3/c1-36-27-15-19(11-14-26(27)37-18-21-12-13-22(30)16-24(21)31)17-32-34-28(20-7-3-2-4-8-20)33-25-10-6-5-9-23(25)29(34)35/h5-6,9-17,20H,2-4,7-8,18H2,1H3. The second-order valence-corrected chi connectivity index (χ2v) is 10.9. The van der Waals surface area contributed by atoms with Crippen LogP contribution in [0.5, 0.6) is 11.5 Å². The van der Waals surface area contributed by atoms with Crippen LogP contribution in [0.15, 0.2) is 79.5 Å². The van der Waals surface area contributed by atoms with Crippen molar-refractivity contribution >= 4 is 49.0 Å². The monoisotopic (exact) mass is 623 g/mol. The molecular weight excluding hydrogens is 598 g/mol. The third kappa shape index (κ3) is 5.80. The molecule has 5 rings (SSSR count). The highest BCUT2D eigenvalue weighted by molar-refractivity contribution is 9.11. The Morgan fingerprint density at radius 1 is 1.03 bits per heavy atom. The summed E-state index contributed by atoms with van der Waals surface area (Å²) in [5.74, 6) is 2.19. The smallest absolute Gasteiger partial charge is 0.282 e. The lowest BCUT2D eigenvalue weighted by Gasteiger charge is -2.22. The lowest BCUT2D eigenvalue weighted by Crippen LogP contribution is -2.25. The molecule has 6 nitrogen and oxygen atoms in total. The van der Waals surface area contributed by atoms with Crippen molar-refractivity contribution < 1.29 is 9.47 Å². The fourth-order valence-electron chi connectivity index (χ4n) is 4.68. The van der Waals surface area contributed by atoms with Gasteiger partial charge in [-0.25, -0.2) is 4.98 Å². The van der Waals surface area contributed by atoms with E-state index in [9.17, 15) is 4.79 Å². The van der Waals surface area contributed by atoms with Crippen LogP contribution in [0.2, 0.25) is 0 Å². The highest BCUT2D eigenvalue weighted by Crippen LogP contribution is 2.32. The second-order valence-electron chi connectivity index (χ2n) is 9.12. The molecule has 0 amide bonds. The maximum Gasteiger partial charge on any atom is 0.282 e. The number of aromatic nitrogens is 2. The topological polar surface area (TPSA) is 65.7 Å². The predicted octanol–water partition coefficient (Wildman–Crippen LogP) is 7.44. The van der Waals surface area contributed by atoms with Gasteiger partial charge in [0.1, 0.15) is 12.4 Å². The molecule has 0 aliphatic heterocycles. The number of hydrogen-bond acceptors (Lipinski definition) is 5. The van der Waals surface area contributed by atoms with Crippen LogP contribution in [0.25, 0.3) is 10.9 Å². The van der Waals surface area contributed by atoms with Crippen molar-refractivity contribution in [1.29, 1.82) is 0 Å². The van der Waals surface area contributed by atoms with Crippen LogP contribution in [0.4, 0.5) is 0 Å². The third-order valence-electron chi connectivity index (χ3n) is 6.66. The predicted molar refractivity (Wildman–Crippen MR) is 154 cm³/mol. The number of rotatable bonds is 7. The normalized spacial score (nSPS) is 14.4. The minimum Gasteiger partial charge on any atom is -0.493 e. The zero-order valence-corrected chi connectivity index (χ0v) is 23.7. The van der Waals surface area contributed by atoms with E-state index in [1.54, 1.807) is 19.4 Å². The van der Waals surface area contributed by atoms with Gasteiger partial charge in [0.25, 0.3) is 5.56 Å². The highest BCUT2D eigenvalue weighted by atomic mass is 79.9. The van der Waals surface area contributed by atoms with E-state index < -0.39 is 0 Å². The Hall–Kier alpha value is -2.97. The first-order valence-corrected chi connectivity index (χ1v) is 13.9. The van der Waals surface area contributed by atoms with Gasteiger partial charge in [0.15, 0.2) is 11.5 Å². The van der Waals surface area contributed by atoms with Gasteiger partial charge in [0, 0.05) is 20.4 Å². The van der Waals surface area contributed by atoms with Gasteiger partial charge in [-0.15, -0.1) is 0 Å².